The quantitative estimate of drug-likeness (QED) is 0.613. The number of diazo groups is 1. The lowest BCUT2D eigenvalue weighted by Crippen LogP contribution is -2.17. The summed E-state index contributed by atoms with van der Waals surface area (Å²) in [5, 5.41) is 8.78. The Labute approximate surface area is 77.6 Å². The molecular formula is C10H12N3+. The standard InChI is InChI=1S/C10H12N3/c11-12-9-5-1-2-6-10(9)13-7-3-4-8-13/h1-2,5-6H,3-4,7-8H2/q+1. The van der Waals surface area contributed by atoms with E-state index in [-0.39, 0.29) is 0 Å². The first-order chi connectivity index (χ1) is 6.42. The number of para-hydroxylation sites is 1. The molecule has 3 heteroatoms. The fourth-order valence-electron chi connectivity index (χ4n) is 1.77. The third-order valence-electron chi connectivity index (χ3n) is 2.44. The topological polar surface area (TPSA) is 31.4 Å². The number of rotatable bonds is 1. The summed E-state index contributed by atoms with van der Waals surface area (Å²) in [5.74, 6) is 0. The summed E-state index contributed by atoms with van der Waals surface area (Å²) in [5.41, 5.74) is 1.71. The zero-order valence-electron chi connectivity index (χ0n) is 7.48. The van der Waals surface area contributed by atoms with E-state index in [1.807, 2.05) is 24.3 Å². The maximum absolute atomic E-state index is 8.78. The van der Waals surface area contributed by atoms with Crippen LogP contribution in [0.25, 0.3) is 4.98 Å². The van der Waals surface area contributed by atoms with E-state index in [0.29, 0.717) is 5.69 Å². The van der Waals surface area contributed by atoms with Crippen LogP contribution in [0.1, 0.15) is 12.8 Å². The van der Waals surface area contributed by atoms with Crippen LogP contribution in [0.2, 0.25) is 0 Å². The first kappa shape index (κ1) is 8.06. The minimum absolute atomic E-state index is 0.671. The Kier molecular flexibility index (Phi) is 2.13. The van der Waals surface area contributed by atoms with E-state index in [9.17, 15) is 0 Å². The van der Waals surface area contributed by atoms with E-state index >= 15 is 0 Å². The first-order valence-corrected chi connectivity index (χ1v) is 4.61. The van der Waals surface area contributed by atoms with Gasteiger partial charge in [-0.3, -0.25) is 0 Å². The SMILES string of the molecule is N#[N+]c1ccccc1N1CCCC1. The molecule has 0 atom stereocenters. The average molecular weight is 174 g/mol. The highest BCUT2D eigenvalue weighted by Gasteiger charge is 2.20. The van der Waals surface area contributed by atoms with Crippen molar-refractivity contribution >= 4 is 11.4 Å². The molecule has 0 saturated carbocycles. The molecule has 0 unspecified atom stereocenters. The Bertz CT molecular complexity index is 334. The molecule has 0 N–H and O–H groups in total. The van der Waals surface area contributed by atoms with Crippen LogP contribution in [0, 0.1) is 5.39 Å². The number of nitrogens with zero attached hydrogens (tertiary/aromatic N) is 3. The third kappa shape index (κ3) is 1.48. The molecule has 1 aliphatic rings. The van der Waals surface area contributed by atoms with Crippen molar-refractivity contribution in [3.63, 3.8) is 0 Å². The summed E-state index contributed by atoms with van der Waals surface area (Å²) in [6.45, 7) is 2.15. The monoisotopic (exact) mass is 174 g/mol. The van der Waals surface area contributed by atoms with Crippen LogP contribution >= 0.6 is 0 Å². The van der Waals surface area contributed by atoms with Gasteiger partial charge in [-0.2, -0.15) is 0 Å². The van der Waals surface area contributed by atoms with Crippen molar-refractivity contribution < 1.29 is 0 Å². The van der Waals surface area contributed by atoms with E-state index in [0.717, 1.165) is 18.8 Å². The smallest absolute Gasteiger partial charge is 0.365 e. The molecule has 0 bridgehead atoms. The van der Waals surface area contributed by atoms with Gasteiger partial charge in [-0.25, -0.2) is 0 Å². The molecule has 1 fully saturated rings. The summed E-state index contributed by atoms with van der Waals surface area (Å²) in [6, 6.07) is 7.69. The predicted octanol–water partition coefficient (Wildman–Crippen LogP) is 2.77. The molecule has 0 spiro atoms. The lowest BCUT2D eigenvalue weighted by molar-refractivity contribution is 0.949. The fourth-order valence-corrected chi connectivity index (χ4v) is 1.77. The van der Waals surface area contributed by atoms with Gasteiger partial charge in [0, 0.05) is 19.2 Å². The summed E-state index contributed by atoms with van der Waals surface area (Å²) >= 11 is 0. The Morgan fingerprint density at radius 2 is 1.85 bits per heavy atom. The number of benzene rings is 1. The Hall–Kier alpha value is -1.56. The highest BCUT2D eigenvalue weighted by atomic mass is 15.2. The van der Waals surface area contributed by atoms with Gasteiger partial charge in [0.05, 0.1) is 0 Å². The zero-order chi connectivity index (χ0) is 9.10. The van der Waals surface area contributed by atoms with Crippen molar-refractivity contribution in [1.82, 2.24) is 0 Å². The molecule has 0 aliphatic carbocycles. The van der Waals surface area contributed by atoms with Crippen LogP contribution in [-0.2, 0) is 0 Å². The summed E-state index contributed by atoms with van der Waals surface area (Å²) in [7, 11) is 0. The number of hydrogen-bond acceptors (Lipinski definition) is 2. The molecule has 2 rings (SSSR count). The molecule has 1 aromatic rings. The minimum atomic E-state index is 0.671. The minimum Gasteiger partial charge on any atom is -0.365 e. The van der Waals surface area contributed by atoms with Crippen LogP contribution in [0.4, 0.5) is 11.4 Å². The summed E-state index contributed by atoms with van der Waals surface area (Å²) in [6.07, 6.45) is 2.47. The van der Waals surface area contributed by atoms with Gasteiger partial charge in [-0.15, -0.1) is 0 Å². The van der Waals surface area contributed by atoms with Crippen molar-refractivity contribution in [3.05, 3.63) is 29.2 Å². The van der Waals surface area contributed by atoms with Crippen molar-refractivity contribution in [1.29, 1.82) is 5.39 Å². The molecule has 1 aromatic carbocycles. The normalized spacial score (nSPS) is 15.8. The fraction of sp³-hybridized carbons (Fsp3) is 0.400. The highest BCUT2D eigenvalue weighted by molar-refractivity contribution is 5.70. The van der Waals surface area contributed by atoms with Gasteiger partial charge < -0.3 is 4.90 Å². The molecule has 3 nitrogen and oxygen atoms in total. The second-order valence-electron chi connectivity index (χ2n) is 3.28. The lowest BCUT2D eigenvalue weighted by Gasteiger charge is -2.14. The van der Waals surface area contributed by atoms with Gasteiger partial charge in [0.25, 0.3) is 0 Å². The second kappa shape index (κ2) is 3.44. The molecule has 1 saturated heterocycles. The van der Waals surface area contributed by atoms with Gasteiger partial charge in [0.15, 0.2) is 4.98 Å². The van der Waals surface area contributed by atoms with E-state index in [4.69, 9.17) is 5.39 Å². The van der Waals surface area contributed by atoms with Crippen molar-refractivity contribution in [2.24, 2.45) is 0 Å². The van der Waals surface area contributed by atoms with Gasteiger partial charge in [0.1, 0.15) is 5.69 Å². The molecule has 0 aromatic heterocycles. The molecule has 66 valence electrons. The Balaban J connectivity index is 2.33. The third-order valence-corrected chi connectivity index (χ3v) is 2.44. The Morgan fingerprint density at radius 1 is 1.15 bits per heavy atom. The molecule has 13 heavy (non-hydrogen) atoms. The summed E-state index contributed by atoms with van der Waals surface area (Å²) in [4.78, 5) is 5.53. The lowest BCUT2D eigenvalue weighted by atomic mass is 10.2. The highest BCUT2D eigenvalue weighted by Crippen LogP contribution is 2.30. The van der Waals surface area contributed by atoms with E-state index in [2.05, 4.69) is 9.88 Å². The van der Waals surface area contributed by atoms with Gasteiger partial charge >= 0.3 is 5.69 Å². The Morgan fingerprint density at radius 3 is 2.54 bits per heavy atom. The van der Waals surface area contributed by atoms with Crippen molar-refractivity contribution in [2.45, 2.75) is 12.8 Å². The zero-order valence-corrected chi connectivity index (χ0v) is 7.48. The maximum Gasteiger partial charge on any atom is 0.408 e. The van der Waals surface area contributed by atoms with Crippen LogP contribution < -0.4 is 4.90 Å². The molecular weight excluding hydrogens is 162 g/mol. The van der Waals surface area contributed by atoms with Crippen LogP contribution in [-0.4, -0.2) is 13.1 Å². The second-order valence-corrected chi connectivity index (χ2v) is 3.28. The molecule has 0 amide bonds. The van der Waals surface area contributed by atoms with Crippen LogP contribution in [0.3, 0.4) is 0 Å². The average Bonchev–Trinajstić information content (AvgIpc) is 2.70. The van der Waals surface area contributed by atoms with E-state index in [1.54, 1.807) is 0 Å². The van der Waals surface area contributed by atoms with Gasteiger partial charge in [0.2, 0.25) is 5.39 Å². The van der Waals surface area contributed by atoms with E-state index < -0.39 is 0 Å². The van der Waals surface area contributed by atoms with Crippen molar-refractivity contribution in [3.8, 4) is 0 Å². The maximum atomic E-state index is 8.78. The van der Waals surface area contributed by atoms with Gasteiger partial charge in [-0.1, -0.05) is 12.1 Å². The predicted molar refractivity (Wildman–Crippen MR) is 52.6 cm³/mol. The number of hydrogen-bond donors (Lipinski definition) is 0. The van der Waals surface area contributed by atoms with Gasteiger partial charge in [-0.05, 0) is 18.9 Å². The van der Waals surface area contributed by atoms with Crippen molar-refractivity contribution in [2.75, 3.05) is 18.0 Å². The first-order valence-electron chi connectivity index (χ1n) is 4.61. The van der Waals surface area contributed by atoms with Crippen LogP contribution in [0.15, 0.2) is 24.3 Å². The largest absolute Gasteiger partial charge is 0.408 e. The number of anilines is 1. The molecule has 0 radical (unpaired) electrons. The van der Waals surface area contributed by atoms with E-state index in [1.165, 1.54) is 12.8 Å². The molecule has 1 heterocycles. The summed E-state index contributed by atoms with van der Waals surface area (Å²) < 4.78 is 0. The van der Waals surface area contributed by atoms with Crippen LogP contribution in [0.5, 0.6) is 0 Å². The molecule has 1 aliphatic heterocycles.